The van der Waals surface area contributed by atoms with Crippen LogP contribution >= 0.6 is 0 Å². The van der Waals surface area contributed by atoms with Gasteiger partial charge in [0.1, 0.15) is 0 Å². The zero-order valence-electron chi connectivity index (χ0n) is 9.14. The summed E-state index contributed by atoms with van der Waals surface area (Å²) in [6.07, 6.45) is 6.58. The standard InChI is InChI=1S/C10H22O2Si/c1-4-5-6-7-8-9-10(11)12-13(2)3/h13H,4-9H2,1-3H3. The molecule has 3 heteroatoms. The van der Waals surface area contributed by atoms with Gasteiger partial charge in [0.15, 0.2) is 0 Å². The van der Waals surface area contributed by atoms with E-state index < -0.39 is 9.04 Å². The van der Waals surface area contributed by atoms with E-state index in [1.807, 2.05) is 13.1 Å². The van der Waals surface area contributed by atoms with E-state index in [1.54, 1.807) is 0 Å². The number of rotatable bonds is 7. The molecule has 0 aliphatic rings. The maximum atomic E-state index is 11.1. The first-order valence-corrected chi connectivity index (χ1v) is 8.14. The van der Waals surface area contributed by atoms with E-state index in [2.05, 4.69) is 6.92 Å². The van der Waals surface area contributed by atoms with Crippen molar-refractivity contribution in [3.05, 3.63) is 0 Å². The Morgan fingerprint density at radius 2 is 1.77 bits per heavy atom. The summed E-state index contributed by atoms with van der Waals surface area (Å²) in [5.41, 5.74) is 0. The SMILES string of the molecule is CCCCCCCC(=O)O[SiH](C)C. The number of carbonyl (C=O) groups is 1. The summed E-state index contributed by atoms with van der Waals surface area (Å²) < 4.78 is 5.16. The Morgan fingerprint density at radius 1 is 1.15 bits per heavy atom. The molecule has 0 bridgehead atoms. The minimum atomic E-state index is -1.14. The second-order valence-corrected chi connectivity index (χ2v) is 6.04. The van der Waals surface area contributed by atoms with Crippen molar-refractivity contribution < 1.29 is 9.22 Å². The maximum Gasteiger partial charge on any atom is 0.292 e. The maximum absolute atomic E-state index is 11.1. The van der Waals surface area contributed by atoms with Crippen LogP contribution in [0.15, 0.2) is 0 Å². The van der Waals surface area contributed by atoms with Crippen LogP contribution in [0.1, 0.15) is 45.4 Å². The third kappa shape index (κ3) is 9.60. The largest absolute Gasteiger partial charge is 0.523 e. The molecule has 0 aromatic carbocycles. The van der Waals surface area contributed by atoms with E-state index in [4.69, 9.17) is 4.43 Å². The van der Waals surface area contributed by atoms with Crippen molar-refractivity contribution in [3.8, 4) is 0 Å². The Labute approximate surface area is 83.4 Å². The van der Waals surface area contributed by atoms with Crippen LogP contribution in [-0.2, 0) is 9.22 Å². The Kier molecular flexibility index (Phi) is 8.09. The zero-order valence-corrected chi connectivity index (χ0v) is 10.3. The van der Waals surface area contributed by atoms with Gasteiger partial charge in [-0.1, -0.05) is 32.6 Å². The normalized spacial score (nSPS) is 10.5. The van der Waals surface area contributed by atoms with Gasteiger partial charge >= 0.3 is 0 Å². The van der Waals surface area contributed by atoms with Gasteiger partial charge in [-0.05, 0) is 19.5 Å². The summed E-state index contributed by atoms with van der Waals surface area (Å²) in [4.78, 5) is 11.1. The highest BCUT2D eigenvalue weighted by Crippen LogP contribution is 2.05. The lowest BCUT2D eigenvalue weighted by molar-refractivity contribution is -0.134. The number of carbonyl (C=O) groups excluding carboxylic acids is 1. The van der Waals surface area contributed by atoms with Crippen LogP contribution in [-0.4, -0.2) is 15.0 Å². The molecule has 0 saturated carbocycles. The van der Waals surface area contributed by atoms with E-state index in [1.165, 1.54) is 25.7 Å². The highest BCUT2D eigenvalue weighted by atomic mass is 28.3. The summed E-state index contributed by atoms with van der Waals surface area (Å²) >= 11 is 0. The summed E-state index contributed by atoms with van der Waals surface area (Å²) in [7, 11) is -1.14. The van der Waals surface area contributed by atoms with Crippen molar-refractivity contribution in [1.29, 1.82) is 0 Å². The summed E-state index contributed by atoms with van der Waals surface area (Å²) in [5.74, 6) is 0.0122. The molecule has 0 fully saturated rings. The summed E-state index contributed by atoms with van der Waals surface area (Å²) in [5, 5.41) is 0. The molecular formula is C10H22O2Si. The zero-order chi connectivity index (χ0) is 10.1. The van der Waals surface area contributed by atoms with Crippen LogP contribution in [0.2, 0.25) is 13.1 Å². The first-order valence-electron chi connectivity index (χ1n) is 5.36. The third-order valence-corrected chi connectivity index (χ3v) is 2.59. The van der Waals surface area contributed by atoms with Gasteiger partial charge < -0.3 is 4.43 Å². The molecule has 13 heavy (non-hydrogen) atoms. The van der Waals surface area contributed by atoms with E-state index in [0.717, 1.165) is 6.42 Å². The molecule has 0 aromatic rings. The molecular weight excluding hydrogens is 180 g/mol. The van der Waals surface area contributed by atoms with Crippen LogP contribution in [0.5, 0.6) is 0 Å². The molecule has 0 aliphatic carbocycles. The fraction of sp³-hybridized carbons (Fsp3) is 0.900. The molecule has 2 nitrogen and oxygen atoms in total. The van der Waals surface area contributed by atoms with Crippen LogP contribution in [0, 0.1) is 0 Å². The first kappa shape index (κ1) is 12.7. The molecule has 0 unspecified atom stereocenters. The van der Waals surface area contributed by atoms with Crippen molar-refractivity contribution in [3.63, 3.8) is 0 Å². The van der Waals surface area contributed by atoms with Crippen molar-refractivity contribution in [2.45, 2.75) is 58.5 Å². The van der Waals surface area contributed by atoms with Gasteiger partial charge in [-0.2, -0.15) is 0 Å². The third-order valence-electron chi connectivity index (χ3n) is 1.85. The highest BCUT2D eigenvalue weighted by Gasteiger charge is 2.04. The van der Waals surface area contributed by atoms with Crippen LogP contribution < -0.4 is 0 Å². The lowest BCUT2D eigenvalue weighted by Gasteiger charge is -2.06. The van der Waals surface area contributed by atoms with Gasteiger partial charge in [-0.3, -0.25) is 4.79 Å². The van der Waals surface area contributed by atoms with Gasteiger partial charge in [-0.15, -0.1) is 0 Å². The predicted octanol–water partition coefficient (Wildman–Crippen LogP) is 2.87. The Bertz CT molecular complexity index is 135. The molecule has 0 heterocycles. The monoisotopic (exact) mass is 202 g/mol. The van der Waals surface area contributed by atoms with Gasteiger partial charge in [0, 0.05) is 6.42 Å². The number of unbranched alkanes of at least 4 members (excludes halogenated alkanes) is 4. The molecule has 0 spiro atoms. The molecule has 78 valence electrons. The number of hydrogen-bond acceptors (Lipinski definition) is 2. The summed E-state index contributed by atoms with van der Waals surface area (Å²) in [6, 6.07) is 0. The topological polar surface area (TPSA) is 26.3 Å². The first-order chi connectivity index (χ1) is 6.16. The Balaban J connectivity index is 3.17. The quantitative estimate of drug-likeness (QED) is 0.469. The highest BCUT2D eigenvalue weighted by molar-refractivity contribution is 6.50. The van der Waals surface area contributed by atoms with Gasteiger partial charge in [0.2, 0.25) is 9.04 Å². The summed E-state index contributed by atoms with van der Waals surface area (Å²) in [6.45, 7) is 6.24. The molecule has 0 atom stereocenters. The Hall–Kier alpha value is -0.313. The van der Waals surface area contributed by atoms with Crippen LogP contribution in [0.25, 0.3) is 0 Å². The predicted molar refractivity (Wildman–Crippen MR) is 58.3 cm³/mol. The second kappa shape index (κ2) is 8.29. The van der Waals surface area contributed by atoms with E-state index in [9.17, 15) is 4.79 Å². The van der Waals surface area contributed by atoms with Crippen molar-refractivity contribution >= 4 is 15.0 Å². The fourth-order valence-electron chi connectivity index (χ4n) is 1.19. The minimum absolute atomic E-state index is 0.0122. The molecule has 0 amide bonds. The molecule has 0 rings (SSSR count). The van der Waals surface area contributed by atoms with E-state index in [-0.39, 0.29) is 5.97 Å². The van der Waals surface area contributed by atoms with E-state index in [0.29, 0.717) is 6.42 Å². The van der Waals surface area contributed by atoms with Crippen molar-refractivity contribution in [1.82, 2.24) is 0 Å². The van der Waals surface area contributed by atoms with Crippen molar-refractivity contribution in [2.24, 2.45) is 0 Å². The smallest absolute Gasteiger partial charge is 0.292 e. The molecule has 0 N–H and O–H groups in total. The molecule has 0 aliphatic heterocycles. The number of hydrogen-bond donors (Lipinski definition) is 0. The van der Waals surface area contributed by atoms with E-state index >= 15 is 0 Å². The lowest BCUT2D eigenvalue weighted by atomic mass is 10.1. The lowest BCUT2D eigenvalue weighted by Crippen LogP contribution is -2.14. The van der Waals surface area contributed by atoms with Gasteiger partial charge in [-0.25, -0.2) is 0 Å². The molecule has 0 aromatic heterocycles. The van der Waals surface area contributed by atoms with Crippen molar-refractivity contribution in [2.75, 3.05) is 0 Å². The van der Waals surface area contributed by atoms with Crippen LogP contribution in [0.3, 0.4) is 0 Å². The fourth-order valence-corrected chi connectivity index (χ4v) is 1.84. The second-order valence-electron chi connectivity index (χ2n) is 3.70. The average molecular weight is 202 g/mol. The minimum Gasteiger partial charge on any atom is -0.523 e. The molecule has 0 radical (unpaired) electrons. The Morgan fingerprint density at radius 3 is 2.31 bits per heavy atom. The van der Waals surface area contributed by atoms with Crippen LogP contribution in [0.4, 0.5) is 0 Å². The van der Waals surface area contributed by atoms with Gasteiger partial charge in [0.05, 0.1) is 0 Å². The molecule has 0 saturated heterocycles. The average Bonchev–Trinajstić information content (AvgIpc) is 2.02. The van der Waals surface area contributed by atoms with Gasteiger partial charge in [0.25, 0.3) is 5.97 Å².